The first-order valence-electron chi connectivity index (χ1n) is 9.22. The zero-order valence-corrected chi connectivity index (χ0v) is 16.8. The van der Waals surface area contributed by atoms with Crippen LogP contribution in [-0.4, -0.2) is 20.4 Å². The fourth-order valence-corrected chi connectivity index (χ4v) is 2.77. The van der Waals surface area contributed by atoms with Crippen molar-refractivity contribution >= 4 is 12.2 Å². The van der Waals surface area contributed by atoms with Gasteiger partial charge in [0, 0.05) is 11.1 Å². The van der Waals surface area contributed by atoms with E-state index in [2.05, 4.69) is 0 Å². The average molecular weight is 380 g/mol. The molecule has 4 N–H and O–H groups in total. The zero-order valence-electron chi connectivity index (χ0n) is 16.8. The Morgan fingerprint density at radius 2 is 1.32 bits per heavy atom. The minimum Gasteiger partial charge on any atom is -0.507 e. The van der Waals surface area contributed by atoms with Crippen LogP contribution < -0.4 is 0 Å². The molecule has 2 aromatic rings. The molecule has 28 heavy (non-hydrogen) atoms. The van der Waals surface area contributed by atoms with E-state index in [1.807, 2.05) is 39.8 Å². The third-order valence-corrected chi connectivity index (χ3v) is 4.41. The topological polar surface area (TPSA) is 80.9 Å². The van der Waals surface area contributed by atoms with Crippen molar-refractivity contribution in [3.8, 4) is 23.0 Å². The van der Waals surface area contributed by atoms with Crippen LogP contribution in [0.2, 0.25) is 0 Å². The molecule has 0 fully saturated rings. The minimum absolute atomic E-state index is 0.0455. The molecule has 0 aliphatic rings. The van der Waals surface area contributed by atoms with Gasteiger partial charge in [0.2, 0.25) is 0 Å². The Labute approximate surface area is 166 Å². The van der Waals surface area contributed by atoms with Gasteiger partial charge >= 0.3 is 0 Å². The van der Waals surface area contributed by atoms with Gasteiger partial charge in [0.25, 0.3) is 0 Å². The lowest BCUT2D eigenvalue weighted by Gasteiger charge is -2.14. The quantitative estimate of drug-likeness (QED) is 0.294. The van der Waals surface area contributed by atoms with Crippen molar-refractivity contribution in [2.75, 3.05) is 0 Å². The maximum Gasteiger partial charge on any atom is 0.157 e. The van der Waals surface area contributed by atoms with E-state index in [0.29, 0.717) is 29.5 Å². The summed E-state index contributed by atoms with van der Waals surface area (Å²) in [4.78, 5) is 0. The highest BCUT2D eigenvalue weighted by Gasteiger charge is 2.15. The maximum absolute atomic E-state index is 10.8. The molecule has 0 radical (unpaired) electrons. The molecule has 0 heterocycles. The molecule has 2 aromatic carbocycles. The van der Waals surface area contributed by atoms with Gasteiger partial charge < -0.3 is 20.4 Å². The SMILES string of the molecule is CC(C)=CCc1c(O)cc(/C=C/c2ccc(O)c(O)c2)c(CC=C(C)C)c1O. The fourth-order valence-electron chi connectivity index (χ4n) is 2.77. The second-order valence-corrected chi connectivity index (χ2v) is 7.34. The molecule has 2 rings (SSSR count). The summed E-state index contributed by atoms with van der Waals surface area (Å²) >= 11 is 0. The number of phenolic OH excluding ortho intramolecular Hbond substituents is 4. The molecule has 0 aliphatic carbocycles. The van der Waals surface area contributed by atoms with E-state index in [0.717, 1.165) is 16.7 Å². The van der Waals surface area contributed by atoms with Gasteiger partial charge in [0.1, 0.15) is 11.5 Å². The normalized spacial score (nSPS) is 10.9. The van der Waals surface area contributed by atoms with E-state index in [1.54, 1.807) is 24.3 Å². The van der Waals surface area contributed by atoms with Crippen LogP contribution in [0.3, 0.4) is 0 Å². The number of benzene rings is 2. The molecule has 0 amide bonds. The number of hydrogen-bond donors (Lipinski definition) is 4. The van der Waals surface area contributed by atoms with Crippen LogP contribution in [0.5, 0.6) is 23.0 Å². The Bertz CT molecular complexity index is 942. The maximum atomic E-state index is 10.8. The molecule has 0 aromatic heterocycles. The average Bonchev–Trinajstić information content (AvgIpc) is 2.61. The van der Waals surface area contributed by atoms with Crippen molar-refractivity contribution in [3.63, 3.8) is 0 Å². The monoisotopic (exact) mass is 380 g/mol. The molecular weight excluding hydrogens is 352 g/mol. The predicted molar refractivity (Wildman–Crippen MR) is 115 cm³/mol. The van der Waals surface area contributed by atoms with Crippen LogP contribution in [0.4, 0.5) is 0 Å². The molecular formula is C24H28O4. The first-order valence-corrected chi connectivity index (χ1v) is 9.22. The van der Waals surface area contributed by atoms with Gasteiger partial charge in [-0.25, -0.2) is 0 Å². The van der Waals surface area contributed by atoms with Gasteiger partial charge in [0.05, 0.1) is 0 Å². The van der Waals surface area contributed by atoms with Gasteiger partial charge in [-0.05, 0) is 69.9 Å². The third kappa shape index (κ3) is 5.43. The number of allylic oxidation sites excluding steroid dienone is 4. The summed E-state index contributed by atoms with van der Waals surface area (Å²) in [5.74, 6) is -0.234. The number of aromatic hydroxyl groups is 4. The van der Waals surface area contributed by atoms with Crippen LogP contribution in [0.1, 0.15) is 49.9 Å². The highest BCUT2D eigenvalue weighted by molar-refractivity contribution is 5.75. The van der Waals surface area contributed by atoms with E-state index in [9.17, 15) is 20.4 Å². The van der Waals surface area contributed by atoms with Crippen molar-refractivity contribution in [2.24, 2.45) is 0 Å². The zero-order chi connectivity index (χ0) is 20.8. The van der Waals surface area contributed by atoms with Crippen molar-refractivity contribution in [3.05, 3.63) is 69.8 Å². The van der Waals surface area contributed by atoms with Gasteiger partial charge in [-0.1, -0.05) is 41.5 Å². The lowest BCUT2D eigenvalue weighted by molar-refractivity contribution is 0.403. The smallest absolute Gasteiger partial charge is 0.157 e. The highest BCUT2D eigenvalue weighted by atomic mass is 16.3. The Morgan fingerprint density at radius 3 is 1.89 bits per heavy atom. The van der Waals surface area contributed by atoms with E-state index < -0.39 is 0 Å². The summed E-state index contributed by atoms with van der Waals surface area (Å²) in [6, 6.07) is 6.18. The number of hydrogen-bond acceptors (Lipinski definition) is 4. The summed E-state index contributed by atoms with van der Waals surface area (Å²) < 4.78 is 0. The second-order valence-electron chi connectivity index (χ2n) is 7.34. The van der Waals surface area contributed by atoms with Crippen molar-refractivity contribution in [2.45, 2.75) is 40.5 Å². The number of phenols is 4. The lowest BCUT2D eigenvalue weighted by atomic mass is 9.95. The van der Waals surface area contributed by atoms with E-state index in [1.165, 1.54) is 12.1 Å². The molecule has 4 heteroatoms. The van der Waals surface area contributed by atoms with Crippen LogP contribution in [0.15, 0.2) is 47.6 Å². The molecule has 0 unspecified atom stereocenters. The Kier molecular flexibility index (Phi) is 6.94. The van der Waals surface area contributed by atoms with Crippen molar-refractivity contribution < 1.29 is 20.4 Å². The summed E-state index contributed by atoms with van der Waals surface area (Å²) in [6.45, 7) is 7.94. The number of rotatable bonds is 6. The first-order chi connectivity index (χ1) is 13.2. The predicted octanol–water partition coefficient (Wildman–Crippen LogP) is 5.70. The molecule has 0 aliphatic heterocycles. The second kappa shape index (κ2) is 9.18. The Hall–Kier alpha value is -3.14. The standard InChI is InChI=1S/C24H28O4/c1-15(2)5-10-19-18(9-7-17-8-12-21(25)23(27)13-17)14-22(26)20(24(19)28)11-6-16(3)4/h5-9,12-14,25-28H,10-11H2,1-4H3/b9-7+. The van der Waals surface area contributed by atoms with Gasteiger partial charge in [-0.3, -0.25) is 0 Å². The summed E-state index contributed by atoms with van der Waals surface area (Å²) in [6.07, 6.45) is 8.53. The largest absolute Gasteiger partial charge is 0.507 e. The molecule has 0 spiro atoms. The molecule has 148 valence electrons. The van der Waals surface area contributed by atoms with Crippen LogP contribution in [0, 0.1) is 0 Å². The van der Waals surface area contributed by atoms with Gasteiger partial charge in [-0.15, -0.1) is 0 Å². The van der Waals surface area contributed by atoms with E-state index in [-0.39, 0.29) is 23.0 Å². The molecule has 0 saturated carbocycles. The minimum atomic E-state index is -0.199. The summed E-state index contributed by atoms with van der Waals surface area (Å²) in [5.41, 5.74) is 4.88. The molecule has 0 atom stereocenters. The Balaban J connectivity index is 2.51. The molecule has 0 bridgehead atoms. The summed E-state index contributed by atoms with van der Waals surface area (Å²) in [5, 5.41) is 40.4. The van der Waals surface area contributed by atoms with Crippen molar-refractivity contribution in [1.29, 1.82) is 0 Å². The van der Waals surface area contributed by atoms with Crippen LogP contribution in [0.25, 0.3) is 12.2 Å². The van der Waals surface area contributed by atoms with Gasteiger partial charge in [-0.2, -0.15) is 0 Å². The first kappa shape index (κ1) is 21.2. The van der Waals surface area contributed by atoms with E-state index >= 15 is 0 Å². The molecule has 4 nitrogen and oxygen atoms in total. The third-order valence-electron chi connectivity index (χ3n) is 4.41. The van der Waals surface area contributed by atoms with Crippen molar-refractivity contribution in [1.82, 2.24) is 0 Å². The van der Waals surface area contributed by atoms with Crippen LogP contribution >= 0.6 is 0 Å². The van der Waals surface area contributed by atoms with Gasteiger partial charge in [0.15, 0.2) is 11.5 Å². The fraction of sp³-hybridized carbons (Fsp3) is 0.250. The molecule has 0 saturated heterocycles. The van der Waals surface area contributed by atoms with E-state index in [4.69, 9.17) is 0 Å². The lowest BCUT2D eigenvalue weighted by Crippen LogP contribution is -1.95. The highest BCUT2D eigenvalue weighted by Crippen LogP contribution is 2.36. The van der Waals surface area contributed by atoms with Crippen LogP contribution in [-0.2, 0) is 12.8 Å². The summed E-state index contributed by atoms with van der Waals surface area (Å²) in [7, 11) is 0. The Morgan fingerprint density at radius 1 is 0.714 bits per heavy atom.